The molecule has 0 amide bonds. The highest BCUT2D eigenvalue weighted by Gasteiger charge is 2.35. The van der Waals surface area contributed by atoms with Crippen LogP contribution in [0.25, 0.3) is 0 Å². The molecule has 0 saturated heterocycles. The predicted molar refractivity (Wildman–Crippen MR) is 71.8 cm³/mol. The maximum Gasteiger partial charge on any atom is 0.0646 e. The van der Waals surface area contributed by atoms with Gasteiger partial charge >= 0.3 is 0 Å². The lowest BCUT2D eigenvalue weighted by atomic mass is 9.72. The maximum absolute atomic E-state index is 10.4. The summed E-state index contributed by atoms with van der Waals surface area (Å²) in [5, 5.41) is 20.5. The molecule has 1 aliphatic rings. The van der Waals surface area contributed by atoms with E-state index in [0.29, 0.717) is 0 Å². The van der Waals surface area contributed by atoms with Crippen molar-refractivity contribution in [3.8, 4) is 0 Å². The van der Waals surface area contributed by atoms with E-state index in [4.69, 9.17) is 0 Å². The Balaban J connectivity index is 2.55. The van der Waals surface area contributed by atoms with E-state index in [0.717, 1.165) is 31.6 Å². The van der Waals surface area contributed by atoms with Gasteiger partial charge in [0.1, 0.15) is 0 Å². The molecular weight excluding hydrogens is 212 g/mol. The van der Waals surface area contributed by atoms with Gasteiger partial charge in [0.2, 0.25) is 0 Å². The molecule has 1 saturated carbocycles. The van der Waals surface area contributed by atoms with Gasteiger partial charge in [0.05, 0.1) is 11.7 Å². The Hall–Kier alpha value is -0.0800. The van der Waals surface area contributed by atoms with Gasteiger partial charge in [-0.2, -0.15) is 0 Å². The van der Waals surface area contributed by atoms with Gasteiger partial charge in [-0.25, -0.2) is 0 Å². The number of hydrogen-bond acceptors (Lipinski definition) is 2. The van der Waals surface area contributed by atoms with Crippen molar-refractivity contribution >= 4 is 0 Å². The van der Waals surface area contributed by atoms with Crippen LogP contribution in [-0.4, -0.2) is 21.9 Å². The Kier molecular flexibility index (Phi) is 5.46. The minimum Gasteiger partial charge on any atom is -0.393 e. The maximum atomic E-state index is 10.4. The first-order valence-electron chi connectivity index (χ1n) is 7.27. The van der Waals surface area contributed by atoms with Crippen molar-refractivity contribution in [2.45, 2.75) is 77.9 Å². The molecule has 0 heterocycles. The summed E-state index contributed by atoms with van der Waals surface area (Å²) in [5.41, 5.74) is -0.639. The predicted octanol–water partition coefficient (Wildman–Crippen LogP) is 3.36. The van der Waals surface area contributed by atoms with E-state index in [2.05, 4.69) is 20.8 Å². The van der Waals surface area contributed by atoms with E-state index < -0.39 is 5.60 Å². The Morgan fingerprint density at radius 2 is 1.94 bits per heavy atom. The van der Waals surface area contributed by atoms with Crippen LogP contribution in [0.4, 0.5) is 0 Å². The van der Waals surface area contributed by atoms with Crippen LogP contribution >= 0.6 is 0 Å². The van der Waals surface area contributed by atoms with Crippen LogP contribution in [0.3, 0.4) is 0 Å². The molecule has 0 aromatic rings. The minimum absolute atomic E-state index is 0.201. The van der Waals surface area contributed by atoms with Crippen molar-refractivity contribution in [2.24, 2.45) is 17.8 Å². The quantitative estimate of drug-likeness (QED) is 0.776. The first-order chi connectivity index (χ1) is 7.86. The molecular formula is C15H30O2. The molecule has 4 atom stereocenters. The Morgan fingerprint density at radius 1 is 1.29 bits per heavy atom. The van der Waals surface area contributed by atoms with E-state index in [1.807, 2.05) is 6.92 Å². The van der Waals surface area contributed by atoms with Gasteiger partial charge in [-0.15, -0.1) is 0 Å². The molecule has 0 bridgehead atoms. The zero-order chi connectivity index (χ0) is 13.1. The Morgan fingerprint density at radius 3 is 2.47 bits per heavy atom. The summed E-state index contributed by atoms with van der Waals surface area (Å²) in [5.74, 6) is 1.30. The second kappa shape index (κ2) is 6.19. The second-order valence-electron chi connectivity index (χ2n) is 6.51. The fraction of sp³-hybridized carbons (Fsp3) is 1.00. The highest BCUT2D eigenvalue weighted by molar-refractivity contribution is 4.87. The molecule has 0 aromatic heterocycles. The van der Waals surface area contributed by atoms with Crippen LogP contribution in [0.5, 0.6) is 0 Å². The lowest BCUT2D eigenvalue weighted by Gasteiger charge is -2.39. The van der Waals surface area contributed by atoms with Gasteiger partial charge in [-0.05, 0) is 50.4 Å². The van der Waals surface area contributed by atoms with Crippen molar-refractivity contribution in [3.63, 3.8) is 0 Å². The van der Waals surface area contributed by atoms with Crippen LogP contribution in [0.15, 0.2) is 0 Å². The molecule has 1 aliphatic carbocycles. The van der Waals surface area contributed by atoms with E-state index in [1.165, 1.54) is 12.8 Å². The number of rotatable bonds is 5. The minimum atomic E-state index is -0.639. The molecule has 0 radical (unpaired) electrons. The largest absolute Gasteiger partial charge is 0.393 e. The summed E-state index contributed by atoms with van der Waals surface area (Å²) >= 11 is 0. The summed E-state index contributed by atoms with van der Waals surface area (Å²) < 4.78 is 0. The monoisotopic (exact) mass is 242 g/mol. The standard InChI is InChI=1S/C15H30O2/c1-5-6-12-7-8-14(16)13(9-12)10-15(4,17)11(2)3/h11-14,16-17H,5-10H2,1-4H3. The van der Waals surface area contributed by atoms with E-state index in [-0.39, 0.29) is 17.9 Å². The van der Waals surface area contributed by atoms with Gasteiger partial charge < -0.3 is 10.2 Å². The molecule has 1 fully saturated rings. The Bertz CT molecular complexity index is 223. The third-order valence-electron chi connectivity index (χ3n) is 4.67. The highest BCUT2D eigenvalue weighted by atomic mass is 16.3. The zero-order valence-electron chi connectivity index (χ0n) is 11.9. The molecule has 0 aromatic carbocycles. The fourth-order valence-corrected chi connectivity index (χ4v) is 3.00. The van der Waals surface area contributed by atoms with Crippen molar-refractivity contribution in [1.29, 1.82) is 0 Å². The number of hydrogen-bond donors (Lipinski definition) is 2. The van der Waals surface area contributed by atoms with E-state index in [9.17, 15) is 10.2 Å². The average molecular weight is 242 g/mol. The average Bonchev–Trinajstić information content (AvgIpc) is 2.23. The first kappa shape index (κ1) is 15.0. The lowest BCUT2D eigenvalue weighted by Crippen LogP contribution is -2.39. The lowest BCUT2D eigenvalue weighted by molar-refractivity contribution is -0.0487. The molecule has 1 rings (SSSR count). The molecule has 2 N–H and O–H groups in total. The van der Waals surface area contributed by atoms with Gasteiger partial charge in [0.25, 0.3) is 0 Å². The van der Waals surface area contributed by atoms with Crippen molar-refractivity contribution < 1.29 is 10.2 Å². The second-order valence-corrected chi connectivity index (χ2v) is 6.51. The molecule has 102 valence electrons. The third kappa shape index (κ3) is 4.26. The van der Waals surface area contributed by atoms with Gasteiger partial charge in [0, 0.05) is 0 Å². The summed E-state index contributed by atoms with van der Waals surface area (Å²) in [4.78, 5) is 0. The van der Waals surface area contributed by atoms with Crippen LogP contribution in [0.1, 0.15) is 66.2 Å². The molecule has 17 heavy (non-hydrogen) atoms. The number of aliphatic hydroxyl groups is 2. The van der Waals surface area contributed by atoms with E-state index >= 15 is 0 Å². The van der Waals surface area contributed by atoms with Crippen LogP contribution in [0, 0.1) is 17.8 Å². The normalized spacial score (nSPS) is 33.7. The highest BCUT2D eigenvalue weighted by Crippen LogP contribution is 2.38. The van der Waals surface area contributed by atoms with Crippen LogP contribution in [0.2, 0.25) is 0 Å². The van der Waals surface area contributed by atoms with Gasteiger partial charge in [-0.3, -0.25) is 0 Å². The van der Waals surface area contributed by atoms with Crippen LogP contribution < -0.4 is 0 Å². The van der Waals surface area contributed by atoms with E-state index in [1.54, 1.807) is 0 Å². The molecule has 2 heteroatoms. The van der Waals surface area contributed by atoms with Crippen LogP contribution in [-0.2, 0) is 0 Å². The third-order valence-corrected chi connectivity index (χ3v) is 4.67. The van der Waals surface area contributed by atoms with Crippen molar-refractivity contribution in [3.05, 3.63) is 0 Å². The summed E-state index contributed by atoms with van der Waals surface area (Å²) in [6.45, 7) is 8.25. The summed E-state index contributed by atoms with van der Waals surface area (Å²) in [7, 11) is 0. The molecule has 2 nitrogen and oxygen atoms in total. The fourth-order valence-electron chi connectivity index (χ4n) is 3.00. The topological polar surface area (TPSA) is 40.5 Å². The zero-order valence-corrected chi connectivity index (χ0v) is 11.9. The summed E-state index contributed by atoms with van der Waals surface area (Å²) in [6, 6.07) is 0. The first-order valence-corrected chi connectivity index (χ1v) is 7.27. The molecule has 4 unspecified atom stereocenters. The van der Waals surface area contributed by atoms with Crippen molar-refractivity contribution in [2.75, 3.05) is 0 Å². The van der Waals surface area contributed by atoms with Gasteiger partial charge in [-0.1, -0.05) is 33.6 Å². The molecule has 0 aliphatic heterocycles. The summed E-state index contributed by atoms with van der Waals surface area (Å²) in [6.07, 6.45) is 6.22. The number of aliphatic hydroxyl groups excluding tert-OH is 1. The van der Waals surface area contributed by atoms with Gasteiger partial charge in [0.15, 0.2) is 0 Å². The molecule has 0 spiro atoms. The Labute approximate surface area is 106 Å². The SMILES string of the molecule is CCCC1CCC(O)C(CC(C)(O)C(C)C)C1. The smallest absolute Gasteiger partial charge is 0.0646 e. The van der Waals surface area contributed by atoms with Crippen molar-refractivity contribution in [1.82, 2.24) is 0 Å².